The van der Waals surface area contributed by atoms with Crippen LogP contribution in [0, 0.1) is 6.92 Å². The van der Waals surface area contributed by atoms with Crippen LogP contribution in [0.2, 0.25) is 0 Å². The van der Waals surface area contributed by atoms with E-state index in [9.17, 15) is 0 Å². The summed E-state index contributed by atoms with van der Waals surface area (Å²) >= 11 is 1.75. The number of methoxy groups -OCH3 is 1. The van der Waals surface area contributed by atoms with Crippen LogP contribution >= 0.6 is 11.3 Å². The van der Waals surface area contributed by atoms with Gasteiger partial charge >= 0.3 is 0 Å². The van der Waals surface area contributed by atoms with Crippen molar-refractivity contribution in [1.82, 2.24) is 9.78 Å². The molecular weight excluding hydrogens is 244 g/mol. The summed E-state index contributed by atoms with van der Waals surface area (Å²) in [6, 6.07) is 10.2. The molecule has 18 heavy (non-hydrogen) atoms. The van der Waals surface area contributed by atoms with Crippen molar-refractivity contribution in [3.8, 4) is 5.75 Å². The van der Waals surface area contributed by atoms with Crippen molar-refractivity contribution < 1.29 is 4.74 Å². The zero-order chi connectivity index (χ0) is 12.5. The number of nitrogens with zero attached hydrogens (tertiary/aromatic N) is 2. The molecule has 1 aromatic carbocycles. The Hall–Kier alpha value is -1.81. The minimum atomic E-state index is 0.797. The van der Waals surface area contributed by atoms with Gasteiger partial charge in [0.1, 0.15) is 5.75 Å². The van der Waals surface area contributed by atoms with Gasteiger partial charge in [0, 0.05) is 0 Å². The van der Waals surface area contributed by atoms with E-state index in [1.807, 2.05) is 12.1 Å². The summed E-state index contributed by atoms with van der Waals surface area (Å²) in [4.78, 5) is 0. The Morgan fingerprint density at radius 2 is 2.00 bits per heavy atom. The van der Waals surface area contributed by atoms with Crippen LogP contribution in [0.25, 0.3) is 10.2 Å². The van der Waals surface area contributed by atoms with Crippen LogP contribution in [0.1, 0.15) is 11.3 Å². The minimum absolute atomic E-state index is 0.797. The third-order valence-corrected chi connectivity index (χ3v) is 4.03. The van der Waals surface area contributed by atoms with E-state index >= 15 is 0 Å². The highest BCUT2D eigenvalue weighted by Crippen LogP contribution is 2.24. The molecule has 0 amide bonds. The van der Waals surface area contributed by atoms with E-state index in [1.165, 1.54) is 15.8 Å². The fraction of sp³-hybridized carbons (Fsp3) is 0.214. The van der Waals surface area contributed by atoms with Crippen LogP contribution in [0.15, 0.2) is 35.7 Å². The van der Waals surface area contributed by atoms with E-state index in [0.29, 0.717) is 0 Å². The van der Waals surface area contributed by atoms with E-state index in [4.69, 9.17) is 4.74 Å². The van der Waals surface area contributed by atoms with Gasteiger partial charge in [-0.15, -0.1) is 11.3 Å². The van der Waals surface area contributed by atoms with Gasteiger partial charge in [0.25, 0.3) is 0 Å². The van der Waals surface area contributed by atoms with Crippen molar-refractivity contribution in [2.75, 3.05) is 7.11 Å². The molecule has 0 aliphatic heterocycles. The molecule has 2 aromatic heterocycles. The lowest BCUT2D eigenvalue weighted by Crippen LogP contribution is -2.01. The largest absolute Gasteiger partial charge is 0.497 e. The number of hydrogen-bond acceptors (Lipinski definition) is 3. The van der Waals surface area contributed by atoms with Crippen molar-refractivity contribution in [2.24, 2.45) is 0 Å². The van der Waals surface area contributed by atoms with Crippen molar-refractivity contribution in [3.05, 3.63) is 47.0 Å². The Labute approximate surface area is 110 Å². The molecule has 0 unspecified atom stereocenters. The highest BCUT2D eigenvalue weighted by Gasteiger charge is 2.08. The molecule has 0 atom stereocenters. The zero-order valence-electron chi connectivity index (χ0n) is 10.4. The molecule has 0 aliphatic carbocycles. The quantitative estimate of drug-likeness (QED) is 0.719. The van der Waals surface area contributed by atoms with Gasteiger partial charge in [0.15, 0.2) is 0 Å². The second-order valence-corrected chi connectivity index (χ2v) is 5.14. The molecule has 0 N–H and O–H groups in total. The normalized spacial score (nSPS) is 11.0. The minimum Gasteiger partial charge on any atom is -0.497 e. The first-order valence-electron chi connectivity index (χ1n) is 5.81. The Balaban J connectivity index is 1.93. The maximum atomic E-state index is 5.16. The van der Waals surface area contributed by atoms with Crippen molar-refractivity contribution >= 4 is 21.6 Å². The predicted molar refractivity (Wildman–Crippen MR) is 74.4 cm³/mol. The lowest BCUT2D eigenvalue weighted by atomic mass is 10.2. The first kappa shape index (κ1) is 11.3. The third-order valence-electron chi connectivity index (χ3n) is 3.01. The Bertz CT molecular complexity index is 667. The van der Waals surface area contributed by atoms with Crippen molar-refractivity contribution in [1.29, 1.82) is 0 Å². The number of aromatic nitrogens is 2. The molecule has 3 rings (SSSR count). The zero-order valence-corrected chi connectivity index (χ0v) is 11.2. The number of benzene rings is 1. The van der Waals surface area contributed by atoms with Crippen LogP contribution < -0.4 is 4.74 Å². The van der Waals surface area contributed by atoms with Gasteiger partial charge in [-0.2, -0.15) is 5.10 Å². The highest BCUT2D eigenvalue weighted by atomic mass is 32.1. The van der Waals surface area contributed by atoms with Gasteiger partial charge in [-0.25, -0.2) is 0 Å². The molecule has 0 bridgehead atoms. The van der Waals surface area contributed by atoms with Crippen LogP contribution in [0.4, 0.5) is 0 Å². The second-order valence-electron chi connectivity index (χ2n) is 4.23. The summed E-state index contributed by atoms with van der Waals surface area (Å²) in [6.45, 7) is 2.86. The molecule has 4 heteroatoms. The average molecular weight is 258 g/mol. The summed E-state index contributed by atoms with van der Waals surface area (Å²) in [5, 5.41) is 6.70. The van der Waals surface area contributed by atoms with Crippen molar-refractivity contribution in [3.63, 3.8) is 0 Å². The SMILES string of the molecule is COc1ccc(Cn2nc(C)c3sccc32)cc1. The first-order valence-corrected chi connectivity index (χ1v) is 6.69. The number of thiophene rings is 1. The lowest BCUT2D eigenvalue weighted by molar-refractivity contribution is 0.414. The summed E-state index contributed by atoms with van der Waals surface area (Å²) in [6.07, 6.45) is 0. The van der Waals surface area contributed by atoms with E-state index in [1.54, 1.807) is 18.4 Å². The monoisotopic (exact) mass is 258 g/mol. The standard InChI is InChI=1S/C14H14N2OS/c1-10-14-13(7-8-18-14)16(15-10)9-11-3-5-12(17-2)6-4-11/h3-8H,9H2,1-2H3. The molecule has 0 aliphatic rings. The summed E-state index contributed by atoms with van der Waals surface area (Å²) in [5.41, 5.74) is 3.55. The second kappa shape index (κ2) is 4.46. The average Bonchev–Trinajstić information content (AvgIpc) is 2.97. The fourth-order valence-corrected chi connectivity index (χ4v) is 2.92. The Morgan fingerprint density at radius 3 is 2.72 bits per heavy atom. The maximum absolute atomic E-state index is 5.16. The summed E-state index contributed by atoms with van der Waals surface area (Å²) < 4.78 is 8.50. The van der Waals surface area contributed by atoms with Crippen molar-refractivity contribution in [2.45, 2.75) is 13.5 Å². The molecule has 0 radical (unpaired) electrons. The van der Waals surface area contributed by atoms with E-state index in [0.717, 1.165) is 18.0 Å². The number of fused-ring (bicyclic) bond motifs is 1. The van der Waals surface area contributed by atoms with Gasteiger partial charge in [-0.05, 0) is 36.1 Å². The van der Waals surface area contributed by atoms with Crippen LogP contribution in [0.5, 0.6) is 5.75 Å². The molecule has 0 spiro atoms. The molecule has 3 aromatic rings. The van der Waals surface area contributed by atoms with Gasteiger partial charge < -0.3 is 4.74 Å². The van der Waals surface area contributed by atoms with Gasteiger partial charge in [0.2, 0.25) is 0 Å². The molecule has 2 heterocycles. The highest BCUT2D eigenvalue weighted by molar-refractivity contribution is 7.17. The topological polar surface area (TPSA) is 27.1 Å². The smallest absolute Gasteiger partial charge is 0.118 e. The van der Waals surface area contributed by atoms with Gasteiger partial charge in [-0.3, -0.25) is 4.68 Å². The molecule has 0 fully saturated rings. The lowest BCUT2D eigenvalue weighted by Gasteiger charge is -2.04. The number of hydrogen-bond donors (Lipinski definition) is 0. The Morgan fingerprint density at radius 1 is 1.22 bits per heavy atom. The number of rotatable bonds is 3. The first-order chi connectivity index (χ1) is 8.78. The molecule has 92 valence electrons. The number of ether oxygens (including phenoxy) is 1. The molecule has 3 nitrogen and oxygen atoms in total. The summed E-state index contributed by atoms with van der Waals surface area (Å²) in [7, 11) is 1.68. The van der Waals surface area contributed by atoms with E-state index in [-0.39, 0.29) is 0 Å². The maximum Gasteiger partial charge on any atom is 0.118 e. The van der Waals surface area contributed by atoms with Crippen LogP contribution in [0.3, 0.4) is 0 Å². The number of aryl methyl sites for hydroxylation is 1. The molecule has 0 saturated heterocycles. The molecular formula is C14H14N2OS. The summed E-state index contributed by atoms with van der Waals surface area (Å²) in [5.74, 6) is 0.885. The van der Waals surface area contributed by atoms with Gasteiger partial charge in [0.05, 0.1) is 29.6 Å². The fourth-order valence-electron chi connectivity index (χ4n) is 2.08. The van der Waals surface area contributed by atoms with Gasteiger partial charge in [-0.1, -0.05) is 12.1 Å². The predicted octanol–water partition coefficient (Wildman–Crippen LogP) is 3.46. The van der Waals surface area contributed by atoms with Crippen LogP contribution in [-0.2, 0) is 6.54 Å². The van der Waals surface area contributed by atoms with Crippen LogP contribution in [-0.4, -0.2) is 16.9 Å². The molecule has 0 saturated carbocycles. The third kappa shape index (κ3) is 1.88. The Kier molecular flexibility index (Phi) is 2.80. The van der Waals surface area contributed by atoms with E-state index < -0.39 is 0 Å². The van der Waals surface area contributed by atoms with E-state index in [2.05, 4.69) is 40.3 Å².